The molecule has 1 amide bonds. The van der Waals surface area contributed by atoms with Crippen molar-refractivity contribution in [2.45, 2.75) is 25.1 Å². The Balaban J connectivity index is 1.58. The van der Waals surface area contributed by atoms with Crippen LogP contribution in [0.5, 0.6) is 0 Å². The molecule has 0 unspecified atom stereocenters. The lowest BCUT2D eigenvalue weighted by molar-refractivity contribution is -0.143. The molecular weight excluding hydrogens is 521 g/mol. The van der Waals surface area contributed by atoms with E-state index in [1.165, 1.54) is 42.5 Å². The summed E-state index contributed by atoms with van der Waals surface area (Å²) in [7, 11) is -3.70. The summed E-state index contributed by atoms with van der Waals surface area (Å²) >= 11 is 5.82. The first-order valence-electron chi connectivity index (χ1n) is 10.5. The number of hydrogen-bond acceptors (Lipinski definition) is 4. The van der Waals surface area contributed by atoms with E-state index >= 15 is 0 Å². The molecule has 14 heteroatoms. The average Bonchev–Trinajstić information content (AvgIpc) is 3.45. The van der Waals surface area contributed by atoms with Crippen molar-refractivity contribution >= 4 is 44.9 Å². The highest BCUT2D eigenvalue weighted by molar-refractivity contribution is 7.89. The standard InChI is InChI=1S/C22H20ClF3N6O3S/c1-36(34,35)31-21(29-14-7-8-14)30-16-4-2-3-15(11-16)28-20(33)18-12-27-32(19(18)22(24,25)26)17-9-5-13(23)6-10-17/h2-6,9-12,14H,7-8H2,1H3,(H,28,33)(H2,29,30,31). The van der Waals surface area contributed by atoms with Crippen LogP contribution >= 0.6 is 11.6 Å². The smallest absolute Gasteiger partial charge is 0.352 e. The first kappa shape index (κ1) is 25.5. The predicted molar refractivity (Wildman–Crippen MR) is 130 cm³/mol. The molecule has 1 saturated carbocycles. The van der Waals surface area contributed by atoms with E-state index in [2.05, 4.69) is 25.4 Å². The number of carbonyl (C=O) groups excluding carboxylic acids is 1. The van der Waals surface area contributed by atoms with E-state index in [-0.39, 0.29) is 23.4 Å². The zero-order valence-electron chi connectivity index (χ0n) is 18.7. The Bertz CT molecular complexity index is 1420. The number of alkyl halides is 3. The van der Waals surface area contributed by atoms with Crippen molar-refractivity contribution in [1.82, 2.24) is 15.1 Å². The molecule has 0 bridgehead atoms. The molecule has 1 aromatic heterocycles. The highest BCUT2D eigenvalue weighted by atomic mass is 35.5. The fraction of sp³-hybridized carbons (Fsp3) is 0.227. The fourth-order valence-electron chi connectivity index (χ4n) is 3.25. The Hall–Kier alpha value is -3.58. The van der Waals surface area contributed by atoms with Crippen molar-refractivity contribution < 1.29 is 26.4 Å². The number of hydrogen-bond donors (Lipinski definition) is 3. The van der Waals surface area contributed by atoms with Gasteiger partial charge in [0.2, 0.25) is 5.96 Å². The molecule has 1 aliphatic rings. The van der Waals surface area contributed by atoms with Crippen molar-refractivity contribution in [2.24, 2.45) is 4.40 Å². The number of nitrogens with one attached hydrogen (secondary N) is 3. The van der Waals surface area contributed by atoms with E-state index in [0.717, 1.165) is 25.3 Å². The van der Waals surface area contributed by atoms with Crippen molar-refractivity contribution in [3.63, 3.8) is 0 Å². The number of anilines is 2. The van der Waals surface area contributed by atoms with E-state index in [9.17, 15) is 26.4 Å². The number of rotatable bonds is 6. The van der Waals surface area contributed by atoms with Gasteiger partial charge in [-0.2, -0.15) is 18.3 Å². The Labute approximate surface area is 209 Å². The van der Waals surface area contributed by atoms with Crippen LogP contribution in [0.3, 0.4) is 0 Å². The quantitative estimate of drug-likeness (QED) is 0.317. The lowest BCUT2D eigenvalue weighted by atomic mass is 10.2. The Kier molecular flexibility index (Phi) is 6.96. The highest BCUT2D eigenvalue weighted by Gasteiger charge is 2.40. The molecule has 0 atom stereocenters. The first-order chi connectivity index (χ1) is 16.9. The summed E-state index contributed by atoms with van der Waals surface area (Å²) in [5, 5.41) is 12.3. The van der Waals surface area contributed by atoms with Gasteiger partial charge in [0.15, 0.2) is 5.69 Å². The molecule has 36 heavy (non-hydrogen) atoms. The van der Waals surface area contributed by atoms with E-state index in [0.29, 0.717) is 15.4 Å². The normalized spacial score (nSPS) is 14.4. The third-order valence-electron chi connectivity index (χ3n) is 4.91. The largest absolute Gasteiger partial charge is 0.434 e. The highest BCUT2D eigenvalue weighted by Crippen LogP contribution is 2.34. The predicted octanol–water partition coefficient (Wildman–Crippen LogP) is 4.28. The zero-order chi connectivity index (χ0) is 26.1. The molecule has 0 aliphatic heterocycles. The summed E-state index contributed by atoms with van der Waals surface area (Å²) in [5.74, 6) is -1.02. The van der Waals surface area contributed by atoms with Gasteiger partial charge in [-0.25, -0.2) is 13.1 Å². The van der Waals surface area contributed by atoms with Crippen LogP contribution in [0.4, 0.5) is 24.5 Å². The maximum atomic E-state index is 13.9. The molecule has 1 aliphatic carbocycles. The summed E-state index contributed by atoms with van der Waals surface area (Å²) in [6.07, 6.45) is -1.36. The molecule has 4 rings (SSSR count). The van der Waals surface area contributed by atoms with Crippen LogP contribution in [0.1, 0.15) is 28.9 Å². The summed E-state index contributed by atoms with van der Waals surface area (Å²) in [6.45, 7) is 0. The molecule has 190 valence electrons. The number of benzene rings is 2. The van der Waals surface area contributed by atoms with Crippen LogP contribution in [0.15, 0.2) is 59.1 Å². The number of nitrogens with zero attached hydrogens (tertiary/aromatic N) is 3. The minimum atomic E-state index is -4.88. The summed E-state index contributed by atoms with van der Waals surface area (Å²) < 4.78 is 69.2. The molecule has 0 radical (unpaired) electrons. The van der Waals surface area contributed by atoms with Gasteiger partial charge in [0, 0.05) is 22.4 Å². The number of sulfonamides is 1. The van der Waals surface area contributed by atoms with Gasteiger partial charge >= 0.3 is 6.18 Å². The fourth-order valence-corrected chi connectivity index (χ4v) is 3.80. The van der Waals surface area contributed by atoms with Gasteiger partial charge in [0.25, 0.3) is 15.9 Å². The van der Waals surface area contributed by atoms with Gasteiger partial charge in [-0.3, -0.25) is 4.79 Å². The molecular formula is C22H20ClF3N6O3S. The van der Waals surface area contributed by atoms with Crippen LogP contribution in [-0.2, 0) is 16.2 Å². The second kappa shape index (κ2) is 9.82. The van der Waals surface area contributed by atoms with Crippen molar-refractivity contribution in [1.29, 1.82) is 0 Å². The second-order valence-electron chi connectivity index (χ2n) is 8.04. The van der Waals surface area contributed by atoms with Crippen LogP contribution in [-0.4, -0.2) is 42.4 Å². The molecule has 0 saturated heterocycles. The van der Waals surface area contributed by atoms with Crippen molar-refractivity contribution in [2.75, 3.05) is 16.9 Å². The molecule has 3 aromatic rings. The van der Waals surface area contributed by atoms with Crippen LogP contribution in [0.2, 0.25) is 5.02 Å². The van der Waals surface area contributed by atoms with E-state index in [1.54, 1.807) is 6.07 Å². The summed E-state index contributed by atoms with van der Waals surface area (Å²) in [5.41, 5.74) is -1.31. The van der Waals surface area contributed by atoms with Gasteiger partial charge in [-0.05, 0) is 55.3 Å². The number of carbonyl (C=O) groups is 1. The lowest BCUT2D eigenvalue weighted by Gasteiger charge is -2.14. The third kappa shape index (κ3) is 6.55. The number of amides is 1. The number of aromatic nitrogens is 2. The average molecular weight is 541 g/mol. The van der Waals surface area contributed by atoms with Gasteiger partial charge in [0.05, 0.1) is 23.7 Å². The number of guanidine groups is 1. The summed E-state index contributed by atoms with van der Waals surface area (Å²) in [4.78, 5) is 12.8. The summed E-state index contributed by atoms with van der Waals surface area (Å²) in [6, 6.07) is 11.7. The maximum absolute atomic E-state index is 13.9. The SMILES string of the molecule is CS(=O)(=O)/N=C(/Nc1cccc(NC(=O)c2cnn(-c3ccc(Cl)cc3)c2C(F)(F)F)c1)NC1CC1. The monoisotopic (exact) mass is 540 g/mol. The maximum Gasteiger partial charge on any atom is 0.434 e. The molecule has 1 fully saturated rings. The third-order valence-corrected chi connectivity index (χ3v) is 5.68. The van der Waals surface area contributed by atoms with E-state index < -0.39 is 33.4 Å². The topological polar surface area (TPSA) is 117 Å². The first-order valence-corrected chi connectivity index (χ1v) is 12.8. The zero-order valence-corrected chi connectivity index (χ0v) is 20.2. The minimum absolute atomic E-state index is 0.00655. The second-order valence-corrected chi connectivity index (χ2v) is 10.1. The molecule has 3 N–H and O–H groups in total. The van der Waals surface area contributed by atoms with E-state index in [1.807, 2.05) is 0 Å². The van der Waals surface area contributed by atoms with E-state index in [4.69, 9.17) is 11.6 Å². The Morgan fingerprint density at radius 1 is 1.11 bits per heavy atom. The number of halogens is 4. The van der Waals surface area contributed by atoms with Crippen LogP contribution in [0, 0.1) is 0 Å². The van der Waals surface area contributed by atoms with Crippen LogP contribution < -0.4 is 16.0 Å². The minimum Gasteiger partial charge on any atom is -0.352 e. The van der Waals surface area contributed by atoms with Crippen molar-refractivity contribution in [3.8, 4) is 5.69 Å². The Morgan fingerprint density at radius 2 is 1.75 bits per heavy atom. The van der Waals surface area contributed by atoms with Gasteiger partial charge in [0.1, 0.15) is 0 Å². The van der Waals surface area contributed by atoms with Crippen molar-refractivity contribution in [3.05, 3.63) is 71.0 Å². The van der Waals surface area contributed by atoms with Crippen LogP contribution in [0.25, 0.3) is 5.69 Å². The van der Waals surface area contributed by atoms with Gasteiger partial charge in [-0.1, -0.05) is 17.7 Å². The lowest BCUT2D eigenvalue weighted by Crippen LogP contribution is -2.33. The Morgan fingerprint density at radius 3 is 2.33 bits per heavy atom. The molecule has 9 nitrogen and oxygen atoms in total. The molecule has 1 heterocycles. The molecule has 2 aromatic carbocycles. The van der Waals surface area contributed by atoms with Gasteiger partial charge in [-0.15, -0.1) is 4.40 Å². The molecule has 0 spiro atoms. The van der Waals surface area contributed by atoms with Gasteiger partial charge < -0.3 is 16.0 Å².